The van der Waals surface area contributed by atoms with Gasteiger partial charge in [-0.05, 0) is 32.2 Å². The van der Waals surface area contributed by atoms with Gasteiger partial charge in [0.25, 0.3) is 0 Å². The van der Waals surface area contributed by atoms with Gasteiger partial charge in [0.05, 0.1) is 25.9 Å². The number of nitrogens with one attached hydrogen (secondary N) is 2. The van der Waals surface area contributed by atoms with Crippen molar-refractivity contribution < 1.29 is 9.47 Å². The van der Waals surface area contributed by atoms with Gasteiger partial charge in [-0.25, -0.2) is 0 Å². The number of morpholine rings is 1. The van der Waals surface area contributed by atoms with Crippen LogP contribution in [-0.4, -0.2) is 101 Å². The monoisotopic (exact) mass is 383 g/mol. The van der Waals surface area contributed by atoms with Crippen molar-refractivity contribution in [2.24, 2.45) is 10.9 Å². The first-order chi connectivity index (χ1) is 13.1. The lowest BCUT2D eigenvalue weighted by molar-refractivity contribution is -0.0284. The fourth-order valence-electron chi connectivity index (χ4n) is 3.94. The fourth-order valence-corrected chi connectivity index (χ4v) is 3.94. The average molecular weight is 384 g/mol. The zero-order chi connectivity index (χ0) is 19.5. The second-order valence-electron chi connectivity index (χ2n) is 8.07. The standard InChI is InChI=1S/C20H41N5O2/c1-5-21-20(22-13-18-7-6-8-25(18)10-11-26-4)23-14-19-16-24(9-12-27-19)15-17(2)3/h17-19H,5-16H2,1-4H3,(H2,21,22,23). The summed E-state index contributed by atoms with van der Waals surface area (Å²) in [6.07, 6.45) is 2.71. The van der Waals surface area contributed by atoms with Crippen LogP contribution in [0.2, 0.25) is 0 Å². The fraction of sp³-hybridized carbons (Fsp3) is 0.950. The van der Waals surface area contributed by atoms with Crippen LogP contribution < -0.4 is 10.6 Å². The predicted octanol–water partition coefficient (Wildman–Crippen LogP) is 1.01. The molecule has 2 aliphatic rings. The molecule has 0 aromatic rings. The molecule has 0 amide bonds. The average Bonchev–Trinajstić information content (AvgIpc) is 3.09. The SMILES string of the molecule is CCNC(=NCC1CCCN1CCOC)NCC1CN(CC(C)C)CCO1. The molecule has 2 unspecified atom stereocenters. The lowest BCUT2D eigenvalue weighted by atomic mass is 10.2. The molecule has 2 saturated heterocycles. The van der Waals surface area contributed by atoms with Gasteiger partial charge in [0.2, 0.25) is 0 Å². The molecule has 0 bridgehead atoms. The maximum atomic E-state index is 5.95. The second-order valence-corrected chi connectivity index (χ2v) is 8.07. The van der Waals surface area contributed by atoms with Gasteiger partial charge in [-0.1, -0.05) is 13.8 Å². The van der Waals surface area contributed by atoms with Gasteiger partial charge in [-0.15, -0.1) is 0 Å². The Labute approximate surface area is 165 Å². The zero-order valence-electron chi connectivity index (χ0n) is 17.9. The van der Waals surface area contributed by atoms with Crippen LogP contribution in [-0.2, 0) is 9.47 Å². The number of hydrogen-bond donors (Lipinski definition) is 2. The van der Waals surface area contributed by atoms with E-state index < -0.39 is 0 Å². The van der Waals surface area contributed by atoms with Crippen molar-refractivity contribution in [1.82, 2.24) is 20.4 Å². The molecule has 0 aromatic heterocycles. The van der Waals surface area contributed by atoms with Crippen molar-refractivity contribution in [2.75, 3.05) is 72.7 Å². The summed E-state index contributed by atoms with van der Waals surface area (Å²) < 4.78 is 11.2. The molecule has 7 heteroatoms. The summed E-state index contributed by atoms with van der Waals surface area (Å²) >= 11 is 0. The van der Waals surface area contributed by atoms with Gasteiger partial charge in [0.15, 0.2) is 5.96 Å². The Kier molecular flexibility index (Phi) is 10.4. The van der Waals surface area contributed by atoms with Crippen molar-refractivity contribution in [1.29, 1.82) is 0 Å². The third-order valence-corrected chi connectivity index (χ3v) is 5.23. The highest BCUT2D eigenvalue weighted by Gasteiger charge is 2.24. The molecule has 2 aliphatic heterocycles. The van der Waals surface area contributed by atoms with Crippen molar-refractivity contribution in [3.05, 3.63) is 0 Å². The molecule has 2 rings (SSSR count). The van der Waals surface area contributed by atoms with Gasteiger partial charge < -0.3 is 20.1 Å². The van der Waals surface area contributed by atoms with E-state index in [2.05, 4.69) is 41.2 Å². The number of hydrogen-bond acceptors (Lipinski definition) is 5. The smallest absolute Gasteiger partial charge is 0.191 e. The molecule has 0 saturated carbocycles. The van der Waals surface area contributed by atoms with Crippen LogP contribution in [0.25, 0.3) is 0 Å². The molecule has 2 heterocycles. The van der Waals surface area contributed by atoms with Crippen LogP contribution in [0, 0.1) is 5.92 Å². The summed E-state index contributed by atoms with van der Waals surface area (Å²) in [5.41, 5.74) is 0. The number of guanidine groups is 1. The van der Waals surface area contributed by atoms with E-state index in [-0.39, 0.29) is 6.10 Å². The van der Waals surface area contributed by atoms with Crippen molar-refractivity contribution in [2.45, 2.75) is 45.8 Å². The van der Waals surface area contributed by atoms with Crippen LogP contribution in [0.5, 0.6) is 0 Å². The maximum Gasteiger partial charge on any atom is 0.191 e. The van der Waals surface area contributed by atoms with Crippen LogP contribution in [0.4, 0.5) is 0 Å². The lowest BCUT2D eigenvalue weighted by Crippen LogP contribution is -2.50. The molecule has 158 valence electrons. The van der Waals surface area contributed by atoms with Crippen molar-refractivity contribution in [3.63, 3.8) is 0 Å². The Balaban J connectivity index is 1.79. The van der Waals surface area contributed by atoms with E-state index >= 15 is 0 Å². The minimum atomic E-state index is 0.228. The van der Waals surface area contributed by atoms with Crippen LogP contribution in [0.1, 0.15) is 33.6 Å². The van der Waals surface area contributed by atoms with E-state index in [1.54, 1.807) is 7.11 Å². The lowest BCUT2D eigenvalue weighted by Gasteiger charge is -2.34. The Bertz CT molecular complexity index is 433. The Morgan fingerprint density at radius 2 is 2.15 bits per heavy atom. The van der Waals surface area contributed by atoms with Gasteiger partial charge in [-0.3, -0.25) is 14.8 Å². The largest absolute Gasteiger partial charge is 0.383 e. The minimum absolute atomic E-state index is 0.228. The molecule has 0 spiro atoms. The third kappa shape index (κ3) is 8.34. The summed E-state index contributed by atoms with van der Waals surface area (Å²) in [6, 6.07) is 0.531. The first-order valence-corrected chi connectivity index (χ1v) is 10.7. The maximum absolute atomic E-state index is 5.95. The summed E-state index contributed by atoms with van der Waals surface area (Å²) in [5, 5.41) is 6.86. The number of methoxy groups -OCH3 is 1. The quantitative estimate of drug-likeness (QED) is 0.434. The van der Waals surface area contributed by atoms with Gasteiger partial charge in [0.1, 0.15) is 0 Å². The highest BCUT2D eigenvalue weighted by molar-refractivity contribution is 5.79. The van der Waals surface area contributed by atoms with Crippen molar-refractivity contribution in [3.8, 4) is 0 Å². The molecule has 2 atom stereocenters. The van der Waals surface area contributed by atoms with Crippen molar-refractivity contribution >= 4 is 5.96 Å². The highest BCUT2D eigenvalue weighted by Crippen LogP contribution is 2.16. The minimum Gasteiger partial charge on any atom is -0.383 e. The van der Waals surface area contributed by atoms with E-state index in [1.165, 1.54) is 12.8 Å². The topological polar surface area (TPSA) is 61.4 Å². The van der Waals surface area contributed by atoms with E-state index in [0.29, 0.717) is 12.0 Å². The second kappa shape index (κ2) is 12.5. The Morgan fingerprint density at radius 3 is 2.89 bits per heavy atom. The van der Waals surface area contributed by atoms with E-state index in [4.69, 9.17) is 14.5 Å². The molecule has 2 N–H and O–H groups in total. The number of likely N-dealkylation sites (tertiary alicyclic amines) is 1. The van der Waals surface area contributed by atoms with Gasteiger partial charge >= 0.3 is 0 Å². The molecule has 0 aromatic carbocycles. The zero-order valence-corrected chi connectivity index (χ0v) is 17.9. The Hall–Kier alpha value is -0.890. The van der Waals surface area contributed by atoms with E-state index in [9.17, 15) is 0 Å². The van der Waals surface area contributed by atoms with E-state index in [1.807, 2.05) is 0 Å². The molecule has 2 fully saturated rings. The highest BCUT2D eigenvalue weighted by atomic mass is 16.5. The number of rotatable bonds is 10. The molecule has 7 nitrogen and oxygen atoms in total. The van der Waals surface area contributed by atoms with Crippen LogP contribution in [0.3, 0.4) is 0 Å². The number of nitrogens with zero attached hydrogens (tertiary/aromatic N) is 3. The summed E-state index contributed by atoms with van der Waals surface area (Å²) in [4.78, 5) is 9.86. The normalized spacial score (nSPS) is 25.3. The van der Waals surface area contributed by atoms with E-state index in [0.717, 1.165) is 71.5 Å². The first-order valence-electron chi connectivity index (χ1n) is 10.7. The summed E-state index contributed by atoms with van der Waals surface area (Å²) in [7, 11) is 1.77. The first kappa shape index (κ1) is 22.4. The predicted molar refractivity (Wildman–Crippen MR) is 111 cm³/mol. The molecule has 27 heavy (non-hydrogen) atoms. The number of aliphatic imine (C=N–C) groups is 1. The number of ether oxygens (including phenoxy) is 2. The molecular weight excluding hydrogens is 342 g/mol. The molecular formula is C20H41N5O2. The van der Waals surface area contributed by atoms with Gasteiger partial charge in [0, 0.05) is 52.4 Å². The third-order valence-electron chi connectivity index (χ3n) is 5.23. The summed E-state index contributed by atoms with van der Waals surface area (Å²) in [5.74, 6) is 1.60. The van der Waals surface area contributed by atoms with Crippen LogP contribution in [0.15, 0.2) is 4.99 Å². The molecule has 0 radical (unpaired) electrons. The molecule has 0 aliphatic carbocycles. The van der Waals surface area contributed by atoms with Crippen LogP contribution >= 0.6 is 0 Å². The van der Waals surface area contributed by atoms with Gasteiger partial charge in [-0.2, -0.15) is 0 Å². The Morgan fingerprint density at radius 1 is 1.30 bits per heavy atom. The summed E-state index contributed by atoms with van der Waals surface area (Å²) in [6.45, 7) is 16.1.